The average molecular weight is 262 g/mol. The van der Waals surface area contributed by atoms with Crippen LogP contribution in [0.1, 0.15) is 11.1 Å². The lowest BCUT2D eigenvalue weighted by atomic mass is 10.1. The van der Waals surface area contributed by atoms with Gasteiger partial charge in [-0.05, 0) is 36.2 Å². The van der Waals surface area contributed by atoms with Crippen LogP contribution in [-0.2, 0) is 6.54 Å². The topological polar surface area (TPSA) is 21.3 Å². The third kappa shape index (κ3) is 2.96. The van der Waals surface area contributed by atoms with Crippen LogP contribution in [0.5, 0.6) is 5.75 Å². The molecule has 2 rings (SSSR count). The standard InChI is InChI=1S/C15H16ClNO/c1-11-5-3-4-6-12(11)10-17-13-7-8-15(18-2)14(16)9-13/h3-9,17H,10H2,1-2H3. The minimum Gasteiger partial charge on any atom is -0.495 e. The molecule has 0 saturated carbocycles. The molecule has 0 aromatic heterocycles. The van der Waals surface area contributed by atoms with Gasteiger partial charge in [0.2, 0.25) is 0 Å². The molecule has 0 bridgehead atoms. The second-order valence-electron chi connectivity index (χ2n) is 4.13. The fourth-order valence-electron chi connectivity index (χ4n) is 1.78. The van der Waals surface area contributed by atoms with Gasteiger partial charge in [-0.3, -0.25) is 0 Å². The first-order valence-electron chi connectivity index (χ1n) is 5.82. The molecular weight excluding hydrogens is 246 g/mol. The highest BCUT2D eigenvalue weighted by Gasteiger charge is 2.02. The van der Waals surface area contributed by atoms with Gasteiger partial charge in [-0.25, -0.2) is 0 Å². The van der Waals surface area contributed by atoms with Crippen molar-refractivity contribution in [2.45, 2.75) is 13.5 Å². The lowest BCUT2D eigenvalue weighted by Crippen LogP contribution is -2.01. The minimum absolute atomic E-state index is 0.618. The second-order valence-corrected chi connectivity index (χ2v) is 4.54. The summed E-state index contributed by atoms with van der Waals surface area (Å²) in [6, 6.07) is 14.0. The highest BCUT2D eigenvalue weighted by molar-refractivity contribution is 6.32. The fraction of sp³-hybridized carbons (Fsp3) is 0.200. The number of hydrogen-bond acceptors (Lipinski definition) is 2. The summed E-state index contributed by atoms with van der Waals surface area (Å²) in [5.41, 5.74) is 3.55. The van der Waals surface area contributed by atoms with Crippen LogP contribution < -0.4 is 10.1 Å². The van der Waals surface area contributed by atoms with Crippen molar-refractivity contribution in [3.05, 3.63) is 58.6 Å². The molecular formula is C15H16ClNO. The van der Waals surface area contributed by atoms with Crippen molar-refractivity contribution in [2.75, 3.05) is 12.4 Å². The number of halogens is 1. The normalized spacial score (nSPS) is 10.2. The van der Waals surface area contributed by atoms with Crippen LogP contribution in [0, 0.1) is 6.92 Å². The summed E-state index contributed by atoms with van der Waals surface area (Å²) in [5.74, 6) is 0.693. The highest BCUT2D eigenvalue weighted by Crippen LogP contribution is 2.27. The van der Waals surface area contributed by atoms with E-state index in [9.17, 15) is 0 Å². The summed E-state index contributed by atoms with van der Waals surface area (Å²) in [4.78, 5) is 0. The van der Waals surface area contributed by atoms with Crippen molar-refractivity contribution in [1.29, 1.82) is 0 Å². The monoisotopic (exact) mass is 261 g/mol. The number of rotatable bonds is 4. The van der Waals surface area contributed by atoms with E-state index in [1.54, 1.807) is 7.11 Å². The number of methoxy groups -OCH3 is 1. The highest BCUT2D eigenvalue weighted by atomic mass is 35.5. The summed E-state index contributed by atoms with van der Waals surface area (Å²) in [6.07, 6.45) is 0. The second kappa shape index (κ2) is 5.78. The first-order valence-corrected chi connectivity index (χ1v) is 6.20. The van der Waals surface area contributed by atoms with Crippen molar-refractivity contribution in [3.8, 4) is 5.75 Å². The van der Waals surface area contributed by atoms with Crippen LogP contribution in [0.15, 0.2) is 42.5 Å². The van der Waals surface area contributed by atoms with Crippen molar-refractivity contribution in [3.63, 3.8) is 0 Å². The number of ether oxygens (including phenoxy) is 1. The zero-order valence-corrected chi connectivity index (χ0v) is 11.3. The van der Waals surface area contributed by atoms with Crippen molar-refractivity contribution in [2.24, 2.45) is 0 Å². The van der Waals surface area contributed by atoms with Gasteiger partial charge in [0.25, 0.3) is 0 Å². The van der Waals surface area contributed by atoms with Crippen LogP contribution in [0.3, 0.4) is 0 Å². The van der Waals surface area contributed by atoms with E-state index in [1.807, 2.05) is 30.3 Å². The minimum atomic E-state index is 0.618. The molecule has 0 aliphatic carbocycles. The maximum absolute atomic E-state index is 6.08. The van der Waals surface area contributed by atoms with E-state index in [4.69, 9.17) is 16.3 Å². The largest absolute Gasteiger partial charge is 0.495 e. The van der Waals surface area contributed by atoms with Crippen LogP contribution >= 0.6 is 11.6 Å². The van der Waals surface area contributed by atoms with E-state index in [0.29, 0.717) is 10.8 Å². The molecule has 3 heteroatoms. The third-order valence-electron chi connectivity index (χ3n) is 2.90. The summed E-state index contributed by atoms with van der Waals surface area (Å²) in [6.45, 7) is 2.90. The molecule has 2 aromatic carbocycles. The maximum Gasteiger partial charge on any atom is 0.137 e. The Morgan fingerprint density at radius 2 is 1.94 bits per heavy atom. The molecule has 0 fully saturated rings. The Balaban J connectivity index is 2.07. The predicted octanol–water partition coefficient (Wildman–Crippen LogP) is 4.27. The SMILES string of the molecule is COc1ccc(NCc2ccccc2C)cc1Cl. The molecule has 0 saturated heterocycles. The molecule has 0 heterocycles. The van der Waals surface area contributed by atoms with Crippen molar-refractivity contribution < 1.29 is 4.74 Å². The van der Waals surface area contributed by atoms with E-state index in [1.165, 1.54) is 11.1 Å². The van der Waals surface area contributed by atoms with Gasteiger partial charge in [-0.2, -0.15) is 0 Å². The molecule has 94 valence electrons. The van der Waals surface area contributed by atoms with Gasteiger partial charge in [-0.1, -0.05) is 35.9 Å². The number of nitrogens with one attached hydrogen (secondary N) is 1. The van der Waals surface area contributed by atoms with Gasteiger partial charge >= 0.3 is 0 Å². The van der Waals surface area contributed by atoms with E-state index in [0.717, 1.165) is 12.2 Å². The molecule has 0 spiro atoms. The maximum atomic E-state index is 6.08. The third-order valence-corrected chi connectivity index (χ3v) is 3.19. The van der Waals surface area contributed by atoms with Gasteiger partial charge in [0.05, 0.1) is 12.1 Å². The van der Waals surface area contributed by atoms with Gasteiger partial charge in [0, 0.05) is 12.2 Å². The van der Waals surface area contributed by atoms with Crippen molar-refractivity contribution >= 4 is 17.3 Å². The lowest BCUT2D eigenvalue weighted by molar-refractivity contribution is 0.415. The van der Waals surface area contributed by atoms with Gasteiger partial charge in [-0.15, -0.1) is 0 Å². The number of benzene rings is 2. The molecule has 1 N–H and O–H groups in total. The molecule has 0 amide bonds. The lowest BCUT2D eigenvalue weighted by Gasteiger charge is -2.10. The van der Waals surface area contributed by atoms with Gasteiger partial charge in [0.1, 0.15) is 5.75 Å². The quantitative estimate of drug-likeness (QED) is 0.888. The molecule has 2 nitrogen and oxygen atoms in total. The smallest absolute Gasteiger partial charge is 0.137 e. The summed E-state index contributed by atoms with van der Waals surface area (Å²) >= 11 is 6.08. The Kier molecular flexibility index (Phi) is 4.11. The van der Waals surface area contributed by atoms with Crippen LogP contribution in [0.25, 0.3) is 0 Å². The predicted molar refractivity (Wildman–Crippen MR) is 76.5 cm³/mol. The van der Waals surface area contributed by atoms with E-state index in [2.05, 4.69) is 24.4 Å². The number of aryl methyl sites for hydroxylation is 1. The van der Waals surface area contributed by atoms with Gasteiger partial charge in [0.15, 0.2) is 0 Å². The van der Waals surface area contributed by atoms with Crippen LogP contribution in [0.4, 0.5) is 5.69 Å². The first-order chi connectivity index (χ1) is 8.70. The molecule has 18 heavy (non-hydrogen) atoms. The molecule has 0 aliphatic heterocycles. The molecule has 0 aliphatic rings. The summed E-state index contributed by atoms with van der Waals surface area (Å²) in [5, 5.41) is 3.97. The van der Waals surface area contributed by atoms with E-state index < -0.39 is 0 Å². The van der Waals surface area contributed by atoms with Crippen molar-refractivity contribution in [1.82, 2.24) is 0 Å². The van der Waals surface area contributed by atoms with E-state index in [-0.39, 0.29) is 0 Å². The number of anilines is 1. The molecule has 0 unspecified atom stereocenters. The van der Waals surface area contributed by atoms with Gasteiger partial charge < -0.3 is 10.1 Å². The fourth-order valence-corrected chi connectivity index (χ4v) is 2.04. The Bertz CT molecular complexity index is 540. The summed E-state index contributed by atoms with van der Waals surface area (Å²) in [7, 11) is 1.61. The Labute approximate surface area is 113 Å². The Morgan fingerprint density at radius 1 is 1.17 bits per heavy atom. The molecule has 0 radical (unpaired) electrons. The first kappa shape index (κ1) is 12.8. The zero-order valence-electron chi connectivity index (χ0n) is 10.5. The molecule has 0 atom stereocenters. The molecule has 2 aromatic rings. The van der Waals surface area contributed by atoms with Crippen LogP contribution in [0.2, 0.25) is 5.02 Å². The van der Waals surface area contributed by atoms with Crippen LogP contribution in [-0.4, -0.2) is 7.11 Å². The zero-order chi connectivity index (χ0) is 13.0. The summed E-state index contributed by atoms with van der Waals surface area (Å²) < 4.78 is 5.12. The average Bonchev–Trinajstić information content (AvgIpc) is 2.38. The van der Waals surface area contributed by atoms with E-state index >= 15 is 0 Å². The Morgan fingerprint density at radius 3 is 2.61 bits per heavy atom. The Hall–Kier alpha value is -1.67. The number of hydrogen-bond donors (Lipinski definition) is 1.